The van der Waals surface area contributed by atoms with E-state index in [-0.39, 0.29) is 11.4 Å². The summed E-state index contributed by atoms with van der Waals surface area (Å²) in [6, 6.07) is 0. The lowest BCUT2D eigenvalue weighted by Gasteiger charge is -2.25. The second-order valence-corrected chi connectivity index (χ2v) is 4.92. The molecule has 2 nitrogen and oxygen atoms in total. The molecule has 0 heterocycles. The van der Waals surface area contributed by atoms with Crippen LogP contribution in [0.4, 0.5) is 0 Å². The Balaban J connectivity index is 3.78. The molecule has 13 heavy (non-hydrogen) atoms. The van der Waals surface area contributed by atoms with Crippen LogP contribution in [0.3, 0.4) is 0 Å². The van der Waals surface area contributed by atoms with Crippen LogP contribution in [-0.2, 0) is 4.79 Å². The third-order valence-electron chi connectivity index (χ3n) is 1.72. The van der Waals surface area contributed by atoms with E-state index >= 15 is 0 Å². The first kappa shape index (κ1) is 12.6. The molecule has 0 unspecified atom stereocenters. The fraction of sp³-hybridized carbons (Fsp3) is 0.700. The Hall–Kier alpha value is -0.440. The Kier molecular flexibility index (Phi) is 5.88. The zero-order chi connectivity index (χ0) is 10.3. The van der Waals surface area contributed by atoms with Gasteiger partial charge in [0.2, 0.25) is 5.91 Å². The fourth-order valence-corrected chi connectivity index (χ4v) is 1.86. The van der Waals surface area contributed by atoms with Crippen LogP contribution >= 0.6 is 11.8 Å². The lowest BCUT2D eigenvalue weighted by atomic mass is 10.0. The van der Waals surface area contributed by atoms with Crippen molar-refractivity contribution in [3.63, 3.8) is 0 Å². The number of nitrogens with one attached hydrogen (secondary N) is 1. The van der Waals surface area contributed by atoms with Gasteiger partial charge in [-0.1, -0.05) is 13.5 Å². The fourth-order valence-electron chi connectivity index (χ4n) is 0.919. The SMILES string of the molecule is C=CC(=O)NC(C)(C)CCSCC. The van der Waals surface area contributed by atoms with Crippen molar-refractivity contribution in [2.45, 2.75) is 32.7 Å². The van der Waals surface area contributed by atoms with Gasteiger partial charge in [0.25, 0.3) is 0 Å². The Morgan fingerprint density at radius 2 is 2.23 bits per heavy atom. The number of hydrogen-bond donors (Lipinski definition) is 1. The van der Waals surface area contributed by atoms with Crippen LogP contribution in [0.25, 0.3) is 0 Å². The van der Waals surface area contributed by atoms with Gasteiger partial charge in [0.15, 0.2) is 0 Å². The van der Waals surface area contributed by atoms with Crippen LogP contribution in [-0.4, -0.2) is 23.0 Å². The Labute approximate surface area is 85.2 Å². The maximum Gasteiger partial charge on any atom is 0.243 e. The van der Waals surface area contributed by atoms with Gasteiger partial charge in [-0.2, -0.15) is 11.8 Å². The van der Waals surface area contributed by atoms with Crippen LogP contribution in [0.2, 0.25) is 0 Å². The van der Waals surface area contributed by atoms with E-state index in [1.807, 2.05) is 25.6 Å². The molecule has 76 valence electrons. The number of carbonyl (C=O) groups is 1. The monoisotopic (exact) mass is 201 g/mol. The summed E-state index contributed by atoms with van der Waals surface area (Å²) in [6.07, 6.45) is 2.31. The van der Waals surface area contributed by atoms with Crippen molar-refractivity contribution in [2.75, 3.05) is 11.5 Å². The molecule has 0 atom stereocenters. The molecule has 0 aromatic heterocycles. The summed E-state index contributed by atoms with van der Waals surface area (Å²) in [7, 11) is 0. The van der Waals surface area contributed by atoms with Crippen LogP contribution < -0.4 is 5.32 Å². The van der Waals surface area contributed by atoms with Gasteiger partial charge in [0.05, 0.1) is 0 Å². The van der Waals surface area contributed by atoms with Crippen molar-refractivity contribution in [1.82, 2.24) is 5.32 Å². The van der Waals surface area contributed by atoms with Crippen LogP contribution in [0, 0.1) is 0 Å². The van der Waals surface area contributed by atoms with Gasteiger partial charge in [-0.15, -0.1) is 0 Å². The minimum absolute atomic E-state index is 0.0912. The largest absolute Gasteiger partial charge is 0.348 e. The van der Waals surface area contributed by atoms with E-state index in [0.29, 0.717) is 0 Å². The van der Waals surface area contributed by atoms with E-state index in [9.17, 15) is 4.79 Å². The number of amides is 1. The molecule has 0 saturated heterocycles. The summed E-state index contributed by atoms with van der Waals surface area (Å²) in [5.74, 6) is 2.12. The molecule has 0 bridgehead atoms. The molecule has 0 aliphatic carbocycles. The van der Waals surface area contributed by atoms with Crippen LogP contribution in [0.1, 0.15) is 27.2 Å². The van der Waals surface area contributed by atoms with Gasteiger partial charge in [0, 0.05) is 5.54 Å². The maximum atomic E-state index is 11.0. The Morgan fingerprint density at radius 3 is 2.69 bits per heavy atom. The number of rotatable bonds is 6. The first-order chi connectivity index (χ1) is 6.02. The molecular formula is C10H19NOS. The van der Waals surface area contributed by atoms with Gasteiger partial charge < -0.3 is 5.32 Å². The van der Waals surface area contributed by atoms with Crippen LogP contribution in [0.15, 0.2) is 12.7 Å². The lowest BCUT2D eigenvalue weighted by Crippen LogP contribution is -2.42. The van der Waals surface area contributed by atoms with E-state index in [1.165, 1.54) is 6.08 Å². The zero-order valence-electron chi connectivity index (χ0n) is 8.72. The molecule has 0 aliphatic rings. The van der Waals surface area contributed by atoms with E-state index in [1.54, 1.807) is 0 Å². The highest BCUT2D eigenvalue weighted by Crippen LogP contribution is 2.13. The normalized spacial score (nSPS) is 11.0. The zero-order valence-corrected chi connectivity index (χ0v) is 9.54. The van der Waals surface area contributed by atoms with Gasteiger partial charge in [-0.25, -0.2) is 0 Å². The third-order valence-corrected chi connectivity index (χ3v) is 2.62. The summed E-state index contributed by atoms with van der Waals surface area (Å²) in [5, 5.41) is 2.89. The van der Waals surface area contributed by atoms with E-state index in [4.69, 9.17) is 0 Å². The Morgan fingerprint density at radius 1 is 1.62 bits per heavy atom. The number of thioether (sulfide) groups is 1. The minimum atomic E-state index is -0.118. The van der Waals surface area contributed by atoms with Crippen molar-refractivity contribution < 1.29 is 4.79 Å². The summed E-state index contributed by atoms with van der Waals surface area (Å²) in [6.45, 7) is 9.63. The molecule has 0 saturated carbocycles. The topological polar surface area (TPSA) is 29.1 Å². The molecule has 0 radical (unpaired) electrons. The van der Waals surface area contributed by atoms with Gasteiger partial charge >= 0.3 is 0 Å². The molecule has 0 aromatic carbocycles. The summed E-state index contributed by atoms with van der Waals surface area (Å²) < 4.78 is 0. The molecule has 0 fully saturated rings. The quantitative estimate of drug-likeness (QED) is 0.527. The van der Waals surface area contributed by atoms with Gasteiger partial charge in [0.1, 0.15) is 0 Å². The van der Waals surface area contributed by atoms with E-state index < -0.39 is 0 Å². The Bertz CT molecular complexity index is 178. The number of hydrogen-bond acceptors (Lipinski definition) is 2. The van der Waals surface area contributed by atoms with Crippen molar-refractivity contribution in [2.24, 2.45) is 0 Å². The highest BCUT2D eigenvalue weighted by atomic mass is 32.2. The molecule has 1 amide bonds. The molecule has 0 aliphatic heterocycles. The highest BCUT2D eigenvalue weighted by Gasteiger charge is 2.18. The summed E-state index contributed by atoms with van der Waals surface area (Å²) in [4.78, 5) is 11.0. The van der Waals surface area contributed by atoms with Crippen LogP contribution in [0.5, 0.6) is 0 Å². The predicted molar refractivity (Wildman–Crippen MR) is 60.0 cm³/mol. The van der Waals surface area contributed by atoms with Crippen molar-refractivity contribution in [1.29, 1.82) is 0 Å². The average molecular weight is 201 g/mol. The van der Waals surface area contributed by atoms with Crippen molar-refractivity contribution in [3.8, 4) is 0 Å². The van der Waals surface area contributed by atoms with E-state index in [2.05, 4.69) is 18.8 Å². The van der Waals surface area contributed by atoms with E-state index in [0.717, 1.165) is 17.9 Å². The predicted octanol–water partition coefficient (Wildman–Crippen LogP) is 2.21. The summed E-state index contributed by atoms with van der Waals surface area (Å²) >= 11 is 1.89. The second-order valence-electron chi connectivity index (χ2n) is 3.52. The number of carbonyl (C=O) groups excluding carboxylic acids is 1. The molecule has 3 heteroatoms. The first-order valence-electron chi connectivity index (χ1n) is 4.54. The van der Waals surface area contributed by atoms with Gasteiger partial charge in [-0.05, 0) is 37.9 Å². The van der Waals surface area contributed by atoms with Gasteiger partial charge in [-0.3, -0.25) is 4.79 Å². The third kappa shape index (κ3) is 6.70. The molecule has 0 rings (SSSR count). The highest BCUT2D eigenvalue weighted by molar-refractivity contribution is 7.99. The van der Waals surface area contributed by atoms with Crippen molar-refractivity contribution >= 4 is 17.7 Å². The lowest BCUT2D eigenvalue weighted by molar-refractivity contribution is -0.118. The van der Waals surface area contributed by atoms with Crippen molar-refractivity contribution in [3.05, 3.63) is 12.7 Å². The smallest absolute Gasteiger partial charge is 0.243 e. The average Bonchev–Trinajstić information content (AvgIpc) is 2.03. The molecular weight excluding hydrogens is 182 g/mol. The molecule has 1 N–H and O–H groups in total. The standard InChI is InChI=1S/C10H19NOS/c1-5-9(12)11-10(3,4)7-8-13-6-2/h5H,1,6-8H2,2-4H3,(H,11,12). The molecule has 0 spiro atoms. The summed E-state index contributed by atoms with van der Waals surface area (Å²) in [5.41, 5.74) is -0.118. The maximum absolute atomic E-state index is 11.0. The first-order valence-corrected chi connectivity index (χ1v) is 5.69. The minimum Gasteiger partial charge on any atom is -0.348 e. The molecule has 0 aromatic rings. The second kappa shape index (κ2) is 6.08.